The van der Waals surface area contributed by atoms with Gasteiger partial charge in [-0.1, -0.05) is 12.1 Å². The van der Waals surface area contributed by atoms with Crippen LogP contribution >= 0.6 is 12.4 Å². The number of hydrogen-bond acceptors (Lipinski definition) is 4. The fraction of sp³-hybridized carbons (Fsp3) is 0.556. The van der Waals surface area contributed by atoms with Gasteiger partial charge >= 0.3 is 0 Å². The summed E-state index contributed by atoms with van der Waals surface area (Å²) in [7, 11) is 0. The number of rotatable bonds is 5. The molecular weight excluding hydrogens is 359 g/mol. The monoisotopic (exact) mass is 384 g/mol. The molecule has 1 aromatic carbocycles. The van der Waals surface area contributed by atoms with Crippen molar-refractivity contribution in [2.75, 3.05) is 45.8 Å². The van der Waals surface area contributed by atoms with Gasteiger partial charge in [0.05, 0.1) is 13.1 Å². The van der Waals surface area contributed by atoms with Crippen molar-refractivity contribution >= 4 is 24.2 Å². The lowest BCUT2D eigenvalue weighted by atomic mass is 10.0. The minimum atomic E-state index is -0.274. The zero-order valence-corrected chi connectivity index (χ0v) is 15.6. The van der Waals surface area contributed by atoms with Crippen LogP contribution in [0, 0.1) is 5.82 Å². The second-order valence-corrected chi connectivity index (χ2v) is 6.61. The Balaban J connectivity index is 0.00000243. The van der Waals surface area contributed by atoms with Gasteiger partial charge in [-0.05, 0) is 30.5 Å². The van der Waals surface area contributed by atoms with Gasteiger partial charge in [0.2, 0.25) is 11.8 Å². The molecule has 1 atom stereocenters. The molecule has 8 heteroatoms. The molecule has 0 aliphatic carbocycles. The van der Waals surface area contributed by atoms with Gasteiger partial charge in [0.1, 0.15) is 5.82 Å². The Hall–Kier alpha value is -1.70. The molecule has 2 saturated heterocycles. The average Bonchev–Trinajstić information content (AvgIpc) is 3.15. The molecule has 2 aliphatic rings. The van der Waals surface area contributed by atoms with E-state index in [1.165, 1.54) is 12.1 Å². The SMILES string of the molecule is Cl.O=C(CN1CCNCC1c1cccc(F)c1)NCC(=O)N1CCCC1. The fourth-order valence-corrected chi connectivity index (χ4v) is 3.47. The molecule has 26 heavy (non-hydrogen) atoms. The fourth-order valence-electron chi connectivity index (χ4n) is 3.47. The van der Waals surface area contributed by atoms with E-state index in [0.717, 1.165) is 38.0 Å². The molecule has 2 N–H and O–H groups in total. The van der Waals surface area contributed by atoms with Crippen LogP contribution < -0.4 is 10.6 Å². The van der Waals surface area contributed by atoms with Crippen molar-refractivity contribution in [3.05, 3.63) is 35.6 Å². The third kappa shape index (κ3) is 5.40. The van der Waals surface area contributed by atoms with Crippen LogP contribution in [0.2, 0.25) is 0 Å². The Morgan fingerprint density at radius 1 is 1.23 bits per heavy atom. The Kier molecular flexibility index (Phi) is 7.81. The van der Waals surface area contributed by atoms with Gasteiger partial charge in [0.25, 0.3) is 0 Å². The molecular formula is C18H26ClFN4O2. The van der Waals surface area contributed by atoms with Crippen molar-refractivity contribution in [1.29, 1.82) is 0 Å². The topological polar surface area (TPSA) is 64.7 Å². The van der Waals surface area contributed by atoms with Crippen LogP contribution in [-0.2, 0) is 9.59 Å². The number of nitrogens with zero attached hydrogens (tertiary/aromatic N) is 2. The smallest absolute Gasteiger partial charge is 0.241 e. The number of piperazine rings is 1. The maximum Gasteiger partial charge on any atom is 0.241 e. The van der Waals surface area contributed by atoms with Crippen LogP contribution in [0.3, 0.4) is 0 Å². The number of carbonyl (C=O) groups excluding carboxylic acids is 2. The molecule has 6 nitrogen and oxygen atoms in total. The predicted octanol–water partition coefficient (Wildman–Crippen LogP) is 0.932. The quantitative estimate of drug-likeness (QED) is 0.792. The summed E-state index contributed by atoms with van der Waals surface area (Å²) in [6, 6.07) is 6.44. The van der Waals surface area contributed by atoms with Crippen molar-refractivity contribution < 1.29 is 14.0 Å². The minimum Gasteiger partial charge on any atom is -0.346 e. The van der Waals surface area contributed by atoms with Gasteiger partial charge < -0.3 is 15.5 Å². The van der Waals surface area contributed by atoms with E-state index in [1.54, 1.807) is 11.0 Å². The highest BCUT2D eigenvalue weighted by Crippen LogP contribution is 2.22. The van der Waals surface area contributed by atoms with Crippen LogP contribution in [0.5, 0.6) is 0 Å². The standard InChI is InChI=1S/C18H25FN4O2.ClH/c19-15-5-3-4-14(10-15)16-11-20-6-9-23(16)13-17(24)21-12-18(25)22-7-1-2-8-22;/h3-5,10,16,20H,1-2,6-9,11-13H2,(H,21,24);1H. The van der Waals surface area contributed by atoms with Crippen molar-refractivity contribution in [2.45, 2.75) is 18.9 Å². The van der Waals surface area contributed by atoms with E-state index in [0.29, 0.717) is 13.1 Å². The highest BCUT2D eigenvalue weighted by Gasteiger charge is 2.26. The van der Waals surface area contributed by atoms with E-state index in [4.69, 9.17) is 0 Å². The molecule has 2 fully saturated rings. The number of carbonyl (C=O) groups is 2. The average molecular weight is 385 g/mol. The lowest BCUT2D eigenvalue weighted by molar-refractivity contribution is -0.132. The number of benzene rings is 1. The summed E-state index contributed by atoms with van der Waals surface area (Å²) < 4.78 is 13.5. The lowest BCUT2D eigenvalue weighted by Gasteiger charge is -2.36. The van der Waals surface area contributed by atoms with Crippen LogP contribution in [0.4, 0.5) is 4.39 Å². The highest BCUT2D eigenvalue weighted by molar-refractivity contribution is 5.86. The highest BCUT2D eigenvalue weighted by atomic mass is 35.5. The zero-order valence-electron chi connectivity index (χ0n) is 14.7. The maximum absolute atomic E-state index is 13.5. The summed E-state index contributed by atoms with van der Waals surface area (Å²) in [5.41, 5.74) is 0.855. The number of amides is 2. The van der Waals surface area contributed by atoms with Crippen molar-refractivity contribution in [1.82, 2.24) is 20.4 Å². The van der Waals surface area contributed by atoms with Gasteiger partial charge in [-0.3, -0.25) is 14.5 Å². The van der Waals surface area contributed by atoms with Crippen LogP contribution in [0.15, 0.2) is 24.3 Å². The summed E-state index contributed by atoms with van der Waals surface area (Å²) in [5.74, 6) is -0.465. The van der Waals surface area contributed by atoms with Gasteiger partial charge in [0.15, 0.2) is 0 Å². The third-order valence-electron chi connectivity index (χ3n) is 4.83. The lowest BCUT2D eigenvalue weighted by Crippen LogP contribution is -2.50. The molecule has 2 aliphatic heterocycles. The second kappa shape index (κ2) is 9.85. The first-order valence-electron chi connectivity index (χ1n) is 8.88. The summed E-state index contributed by atoms with van der Waals surface area (Å²) in [4.78, 5) is 28.1. The molecule has 144 valence electrons. The molecule has 0 aromatic heterocycles. The third-order valence-corrected chi connectivity index (χ3v) is 4.83. The van der Waals surface area contributed by atoms with Gasteiger partial charge in [-0.2, -0.15) is 0 Å². The Bertz CT molecular complexity index is 625. The van der Waals surface area contributed by atoms with Crippen molar-refractivity contribution in [3.8, 4) is 0 Å². The van der Waals surface area contributed by atoms with Gasteiger partial charge in [-0.15, -0.1) is 12.4 Å². The first-order valence-corrected chi connectivity index (χ1v) is 8.88. The molecule has 0 saturated carbocycles. The predicted molar refractivity (Wildman–Crippen MR) is 99.7 cm³/mol. The van der Waals surface area contributed by atoms with E-state index in [1.807, 2.05) is 11.0 Å². The van der Waals surface area contributed by atoms with E-state index >= 15 is 0 Å². The molecule has 0 spiro atoms. The van der Waals surface area contributed by atoms with Crippen LogP contribution in [-0.4, -0.2) is 67.4 Å². The summed E-state index contributed by atoms with van der Waals surface area (Å²) in [5, 5.41) is 6.01. The molecule has 1 aromatic rings. The zero-order chi connectivity index (χ0) is 17.6. The number of hydrogen-bond donors (Lipinski definition) is 2. The minimum absolute atomic E-state index is 0. The summed E-state index contributed by atoms with van der Waals surface area (Å²) in [6.07, 6.45) is 2.07. The van der Waals surface area contributed by atoms with Crippen molar-refractivity contribution in [2.24, 2.45) is 0 Å². The summed E-state index contributed by atoms with van der Waals surface area (Å²) in [6.45, 7) is 3.98. The molecule has 3 rings (SSSR count). The van der Waals surface area contributed by atoms with Gasteiger partial charge in [0, 0.05) is 38.8 Å². The second-order valence-electron chi connectivity index (χ2n) is 6.61. The van der Waals surface area contributed by atoms with Crippen LogP contribution in [0.25, 0.3) is 0 Å². The molecule has 2 amide bonds. The first kappa shape index (κ1) is 20.6. The maximum atomic E-state index is 13.5. The Morgan fingerprint density at radius 3 is 2.73 bits per heavy atom. The number of nitrogens with one attached hydrogen (secondary N) is 2. The molecule has 0 radical (unpaired) electrons. The van der Waals surface area contributed by atoms with E-state index in [9.17, 15) is 14.0 Å². The molecule has 1 unspecified atom stereocenters. The van der Waals surface area contributed by atoms with E-state index in [-0.39, 0.29) is 49.2 Å². The normalized spacial score (nSPS) is 20.5. The van der Waals surface area contributed by atoms with E-state index < -0.39 is 0 Å². The largest absolute Gasteiger partial charge is 0.346 e. The number of likely N-dealkylation sites (tertiary alicyclic amines) is 1. The van der Waals surface area contributed by atoms with E-state index in [2.05, 4.69) is 10.6 Å². The van der Waals surface area contributed by atoms with Crippen LogP contribution in [0.1, 0.15) is 24.4 Å². The number of halogens is 2. The Morgan fingerprint density at radius 2 is 2.00 bits per heavy atom. The van der Waals surface area contributed by atoms with Crippen molar-refractivity contribution in [3.63, 3.8) is 0 Å². The van der Waals surface area contributed by atoms with Gasteiger partial charge in [-0.25, -0.2) is 4.39 Å². The Labute approximate surface area is 159 Å². The first-order chi connectivity index (χ1) is 12.1. The molecule has 0 bridgehead atoms. The summed E-state index contributed by atoms with van der Waals surface area (Å²) >= 11 is 0. The molecule has 2 heterocycles.